The lowest BCUT2D eigenvalue weighted by atomic mass is 10.1. The second-order valence-corrected chi connectivity index (χ2v) is 6.36. The molecule has 1 unspecified atom stereocenters. The van der Waals surface area contributed by atoms with Crippen molar-refractivity contribution in [3.05, 3.63) is 65.0 Å². The van der Waals surface area contributed by atoms with Gasteiger partial charge >= 0.3 is 12.1 Å². The summed E-state index contributed by atoms with van der Waals surface area (Å²) in [5.41, 5.74) is 6.02. The number of hydrogen-bond acceptors (Lipinski definition) is 5. The number of alkyl carbamates (subject to hydrolysis) is 1. The highest BCUT2D eigenvalue weighted by Crippen LogP contribution is 2.29. The van der Waals surface area contributed by atoms with Gasteiger partial charge < -0.3 is 20.5 Å². The third-order valence-electron chi connectivity index (χ3n) is 4.11. The van der Waals surface area contributed by atoms with Crippen molar-refractivity contribution in [2.45, 2.75) is 31.9 Å². The highest BCUT2D eigenvalue weighted by molar-refractivity contribution is 5.83. The summed E-state index contributed by atoms with van der Waals surface area (Å²) in [4.78, 5) is 24.4. The molecule has 2 aromatic rings. The van der Waals surface area contributed by atoms with E-state index in [0.29, 0.717) is 18.4 Å². The minimum absolute atomic E-state index is 0.0775. The van der Waals surface area contributed by atoms with E-state index in [2.05, 4.69) is 10.1 Å². The molecule has 0 aromatic heterocycles. The first kappa shape index (κ1) is 24.1. The van der Waals surface area contributed by atoms with E-state index in [1.807, 2.05) is 0 Å². The highest BCUT2D eigenvalue weighted by Gasteiger charge is 2.31. The van der Waals surface area contributed by atoms with Crippen molar-refractivity contribution < 1.29 is 41.0 Å². The zero-order chi connectivity index (χ0) is 23.0. The quantitative estimate of drug-likeness (QED) is 0.153. The standard InChI is InChI=1S/C20H19F5N2O4/c21-13-14(22)16(24)18(17(25)15(13)23)31-19(28)12(8-4-5-9-26)27-20(29)30-10-11-6-2-1-3-7-11/h1-3,6-7,12H,4-5,8-10,26H2,(H,27,29). The lowest BCUT2D eigenvalue weighted by Crippen LogP contribution is -2.43. The highest BCUT2D eigenvalue weighted by atomic mass is 19.2. The lowest BCUT2D eigenvalue weighted by molar-refractivity contribution is -0.137. The number of unbranched alkanes of at least 4 members (excludes halogenated alkanes) is 1. The fourth-order valence-corrected chi connectivity index (χ4v) is 2.49. The van der Waals surface area contributed by atoms with Crippen LogP contribution in [0.25, 0.3) is 0 Å². The van der Waals surface area contributed by atoms with Crippen LogP contribution in [0.1, 0.15) is 24.8 Å². The van der Waals surface area contributed by atoms with Gasteiger partial charge in [0.05, 0.1) is 0 Å². The second-order valence-electron chi connectivity index (χ2n) is 6.36. The molecule has 0 radical (unpaired) electrons. The third-order valence-corrected chi connectivity index (χ3v) is 4.11. The van der Waals surface area contributed by atoms with Crippen LogP contribution in [0.3, 0.4) is 0 Å². The lowest BCUT2D eigenvalue weighted by Gasteiger charge is -2.18. The van der Waals surface area contributed by atoms with E-state index in [4.69, 9.17) is 10.5 Å². The average Bonchev–Trinajstić information content (AvgIpc) is 2.78. The first-order valence-electron chi connectivity index (χ1n) is 9.16. The Morgan fingerprint density at radius 1 is 0.903 bits per heavy atom. The van der Waals surface area contributed by atoms with Gasteiger partial charge in [-0.3, -0.25) is 0 Å². The molecule has 0 spiro atoms. The zero-order valence-corrected chi connectivity index (χ0v) is 16.1. The van der Waals surface area contributed by atoms with Gasteiger partial charge in [0, 0.05) is 0 Å². The molecule has 0 saturated carbocycles. The van der Waals surface area contributed by atoms with Crippen LogP contribution in [-0.4, -0.2) is 24.6 Å². The number of rotatable bonds is 9. The minimum Gasteiger partial charge on any atom is -0.445 e. The number of nitrogens with two attached hydrogens (primary N) is 1. The normalized spacial score (nSPS) is 11.7. The summed E-state index contributed by atoms with van der Waals surface area (Å²) < 4.78 is 76.7. The number of amides is 1. The second kappa shape index (κ2) is 11.3. The molecule has 0 aliphatic rings. The monoisotopic (exact) mass is 446 g/mol. The van der Waals surface area contributed by atoms with Gasteiger partial charge in [-0.15, -0.1) is 0 Å². The molecule has 0 heterocycles. The molecule has 2 rings (SSSR count). The molecule has 1 amide bonds. The number of carbonyl (C=O) groups excluding carboxylic acids is 2. The Labute approximate surface area is 174 Å². The van der Waals surface area contributed by atoms with E-state index in [-0.39, 0.29) is 19.6 Å². The van der Waals surface area contributed by atoms with Crippen LogP contribution in [0.2, 0.25) is 0 Å². The Morgan fingerprint density at radius 3 is 2.06 bits per heavy atom. The number of benzene rings is 2. The predicted molar refractivity (Wildman–Crippen MR) is 98.3 cm³/mol. The van der Waals surface area contributed by atoms with Crippen LogP contribution in [0, 0.1) is 29.1 Å². The van der Waals surface area contributed by atoms with Crippen molar-refractivity contribution >= 4 is 12.1 Å². The maximum atomic E-state index is 13.8. The Balaban J connectivity index is 2.12. The van der Waals surface area contributed by atoms with Gasteiger partial charge in [-0.1, -0.05) is 30.3 Å². The summed E-state index contributed by atoms with van der Waals surface area (Å²) >= 11 is 0. The van der Waals surface area contributed by atoms with Gasteiger partial charge in [0.25, 0.3) is 0 Å². The molecular formula is C20H19F5N2O4. The maximum Gasteiger partial charge on any atom is 0.408 e. The van der Waals surface area contributed by atoms with Gasteiger partial charge in [-0.2, -0.15) is 8.78 Å². The Bertz CT molecular complexity index is 899. The smallest absolute Gasteiger partial charge is 0.408 e. The molecule has 0 saturated heterocycles. The van der Waals surface area contributed by atoms with Gasteiger partial charge in [-0.25, -0.2) is 22.8 Å². The molecule has 1 atom stereocenters. The predicted octanol–water partition coefficient (Wildman–Crippen LogP) is 3.71. The van der Waals surface area contributed by atoms with Gasteiger partial charge in [-0.05, 0) is 31.4 Å². The zero-order valence-electron chi connectivity index (χ0n) is 16.1. The first-order chi connectivity index (χ1) is 14.8. The van der Waals surface area contributed by atoms with Crippen molar-refractivity contribution in [1.29, 1.82) is 0 Å². The number of halogens is 5. The van der Waals surface area contributed by atoms with Gasteiger partial charge in [0.15, 0.2) is 0 Å². The van der Waals surface area contributed by atoms with E-state index in [1.54, 1.807) is 30.3 Å². The number of nitrogens with one attached hydrogen (secondary N) is 1. The van der Waals surface area contributed by atoms with Crippen LogP contribution in [0.4, 0.5) is 26.7 Å². The van der Waals surface area contributed by atoms with E-state index in [9.17, 15) is 31.5 Å². The molecule has 31 heavy (non-hydrogen) atoms. The molecule has 0 bridgehead atoms. The summed E-state index contributed by atoms with van der Waals surface area (Å²) in [6.07, 6.45) is -0.387. The van der Waals surface area contributed by atoms with Crippen molar-refractivity contribution in [1.82, 2.24) is 5.32 Å². The van der Waals surface area contributed by atoms with Crippen molar-refractivity contribution in [2.24, 2.45) is 5.73 Å². The van der Waals surface area contributed by atoms with E-state index >= 15 is 0 Å². The summed E-state index contributed by atoms with van der Waals surface area (Å²) in [5.74, 6) is -14.7. The van der Waals surface area contributed by atoms with E-state index in [1.165, 1.54) is 0 Å². The molecule has 6 nitrogen and oxygen atoms in total. The SMILES string of the molecule is NCCCCC(NC(=O)OCc1ccccc1)C(=O)Oc1c(F)c(F)c(F)c(F)c1F. The Kier molecular flexibility index (Phi) is 8.74. The first-order valence-corrected chi connectivity index (χ1v) is 9.16. The summed E-state index contributed by atoms with van der Waals surface area (Å²) in [5, 5.41) is 2.16. The molecule has 0 aliphatic carbocycles. The fraction of sp³-hybridized carbons (Fsp3) is 0.300. The Hall–Kier alpha value is -3.21. The van der Waals surface area contributed by atoms with E-state index in [0.717, 1.165) is 0 Å². The van der Waals surface area contributed by atoms with Gasteiger partial charge in [0.2, 0.25) is 34.8 Å². The molecule has 168 valence electrons. The summed E-state index contributed by atoms with van der Waals surface area (Å²) in [6, 6.07) is 7.07. The van der Waals surface area contributed by atoms with E-state index < -0.39 is 52.9 Å². The largest absolute Gasteiger partial charge is 0.445 e. The minimum atomic E-state index is -2.39. The van der Waals surface area contributed by atoms with Crippen LogP contribution < -0.4 is 15.8 Å². The fourth-order valence-electron chi connectivity index (χ4n) is 2.49. The van der Waals surface area contributed by atoms with Crippen molar-refractivity contribution in [3.63, 3.8) is 0 Å². The molecule has 11 heteroatoms. The van der Waals surface area contributed by atoms with Crippen LogP contribution in [0.5, 0.6) is 5.75 Å². The topological polar surface area (TPSA) is 90.6 Å². The Morgan fingerprint density at radius 2 is 1.48 bits per heavy atom. The molecular weight excluding hydrogens is 427 g/mol. The summed E-state index contributed by atoms with van der Waals surface area (Å²) in [6.45, 7) is 0.132. The number of hydrogen-bond donors (Lipinski definition) is 2. The van der Waals surface area contributed by atoms with Gasteiger partial charge in [0.1, 0.15) is 12.6 Å². The molecule has 0 aliphatic heterocycles. The number of esters is 1. The molecule has 2 aromatic carbocycles. The average molecular weight is 446 g/mol. The third kappa shape index (κ3) is 6.38. The van der Waals surface area contributed by atoms with Crippen LogP contribution in [0.15, 0.2) is 30.3 Å². The maximum absolute atomic E-state index is 13.8. The molecule has 3 N–H and O–H groups in total. The number of ether oxygens (including phenoxy) is 2. The summed E-state index contributed by atoms with van der Waals surface area (Å²) in [7, 11) is 0. The molecule has 0 fully saturated rings. The van der Waals surface area contributed by atoms with Crippen LogP contribution >= 0.6 is 0 Å². The van der Waals surface area contributed by atoms with Crippen molar-refractivity contribution in [2.75, 3.05) is 6.54 Å². The number of carbonyl (C=O) groups is 2. The van der Waals surface area contributed by atoms with Crippen LogP contribution in [-0.2, 0) is 16.1 Å². The van der Waals surface area contributed by atoms with Crippen molar-refractivity contribution in [3.8, 4) is 5.75 Å².